The van der Waals surface area contributed by atoms with Crippen LogP contribution in [0.5, 0.6) is 5.75 Å². The highest BCUT2D eigenvalue weighted by Gasteiger charge is 2.58. The smallest absolute Gasteiger partial charge is 0.455 e. The molecule has 2 saturated heterocycles. The Bertz CT molecular complexity index is 1810. The molecule has 0 spiro atoms. The minimum Gasteiger partial charge on any atom is -0.508 e. The van der Waals surface area contributed by atoms with Crippen LogP contribution in [0.2, 0.25) is 6.32 Å². The summed E-state index contributed by atoms with van der Waals surface area (Å²) in [7, 11) is -1.34. The number of phenolic OH excluding ortho intramolecular Hbond substituents is 1. The van der Waals surface area contributed by atoms with Gasteiger partial charge >= 0.3 is 19.5 Å². The van der Waals surface area contributed by atoms with Crippen molar-refractivity contribution in [2.45, 2.75) is 63.8 Å². The summed E-state index contributed by atoms with van der Waals surface area (Å²) in [5.41, 5.74) is -0.309. The number of amides is 2. The summed E-state index contributed by atoms with van der Waals surface area (Å²) in [6.45, 7) is 1.93. The van der Waals surface area contributed by atoms with Crippen LogP contribution in [0.25, 0.3) is 11.6 Å². The van der Waals surface area contributed by atoms with Crippen LogP contribution in [0.1, 0.15) is 61.4 Å². The number of anilines is 1. The molecule has 1 aliphatic carbocycles. The Balaban J connectivity index is 1.35. The SMILES string of the molecule is CCCC1=C2[C@@H](CC/C(=C/c3cccc(O)c3)c3ccccn3)OB(O)C[C@@H]2[C@@H]2C(=O)N(c3cc(C(F)(F)F)cc(C(F)(F)F)c3)C(=O)[C@@H]2C1. The first-order chi connectivity index (χ1) is 23.7. The van der Waals surface area contributed by atoms with Gasteiger partial charge < -0.3 is 14.8 Å². The molecule has 3 heterocycles. The number of hydrogen-bond acceptors (Lipinski definition) is 6. The molecule has 14 heteroatoms. The van der Waals surface area contributed by atoms with E-state index in [1.54, 1.807) is 30.5 Å². The molecular formula is C36H33BF6N2O5. The summed E-state index contributed by atoms with van der Waals surface area (Å²) in [5.74, 6) is -4.56. The van der Waals surface area contributed by atoms with Crippen LogP contribution in [0.15, 0.2) is 78.0 Å². The molecule has 2 fully saturated rings. The van der Waals surface area contributed by atoms with Gasteiger partial charge in [-0.3, -0.25) is 14.6 Å². The van der Waals surface area contributed by atoms with E-state index < -0.39 is 72.0 Å². The van der Waals surface area contributed by atoms with Gasteiger partial charge in [-0.25, -0.2) is 4.90 Å². The number of allylic oxidation sites excluding steroid dienone is 2. The number of imide groups is 1. The van der Waals surface area contributed by atoms with Crippen molar-refractivity contribution in [2.75, 3.05) is 4.90 Å². The van der Waals surface area contributed by atoms with Gasteiger partial charge in [0, 0.05) is 6.20 Å². The molecule has 262 valence electrons. The zero-order valence-corrected chi connectivity index (χ0v) is 26.8. The van der Waals surface area contributed by atoms with Crippen molar-refractivity contribution >= 4 is 36.3 Å². The molecule has 0 unspecified atom stereocenters. The molecule has 2 amide bonds. The average Bonchev–Trinajstić information content (AvgIpc) is 3.31. The van der Waals surface area contributed by atoms with E-state index >= 15 is 0 Å². The van der Waals surface area contributed by atoms with E-state index in [4.69, 9.17) is 4.65 Å². The molecule has 0 bridgehead atoms. The largest absolute Gasteiger partial charge is 0.508 e. The third-order valence-electron chi connectivity index (χ3n) is 9.57. The van der Waals surface area contributed by atoms with Crippen LogP contribution in [0.3, 0.4) is 0 Å². The molecule has 7 nitrogen and oxygen atoms in total. The van der Waals surface area contributed by atoms with E-state index in [2.05, 4.69) is 4.98 Å². The van der Waals surface area contributed by atoms with Gasteiger partial charge in [0.05, 0.1) is 40.4 Å². The lowest BCUT2D eigenvalue weighted by molar-refractivity contribution is -0.143. The van der Waals surface area contributed by atoms with Gasteiger partial charge in [0.1, 0.15) is 5.75 Å². The fourth-order valence-electron chi connectivity index (χ4n) is 7.55. The summed E-state index contributed by atoms with van der Waals surface area (Å²) in [5, 5.41) is 20.9. The number of nitrogens with zero attached hydrogens (tertiary/aromatic N) is 2. The van der Waals surface area contributed by atoms with Crippen LogP contribution < -0.4 is 4.90 Å². The van der Waals surface area contributed by atoms with E-state index in [0.29, 0.717) is 48.4 Å². The highest BCUT2D eigenvalue weighted by atomic mass is 19.4. The maximum atomic E-state index is 14.0. The first-order valence-electron chi connectivity index (χ1n) is 16.3. The third-order valence-corrected chi connectivity index (χ3v) is 9.57. The van der Waals surface area contributed by atoms with Gasteiger partial charge in [0.2, 0.25) is 11.8 Å². The summed E-state index contributed by atoms with van der Waals surface area (Å²) in [6.07, 6.45) is -5.64. The summed E-state index contributed by atoms with van der Waals surface area (Å²) < 4.78 is 88.3. The summed E-state index contributed by atoms with van der Waals surface area (Å²) in [6, 6.07) is 12.8. The number of carbonyl (C=O) groups excluding carboxylic acids is 2. The van der Waals surface area contributed by atoms with Gasteiger partial charge in [-0.2, -0.15) is 26.3 Å². The predicted octanol–water partition coefficient (Wildman–Crippen LogP) is 7.95. The molecule has 2 aliphatic heterocycles. The number of phenols is 1. The Morgan fingerprint density at radius 1 is 0.980 bits per heavy atom. The van der Waals surface area contributed by atoms with Crippen LogP contribution in [0, 0.1) is 17.8 Å². The second-order valence-corrected chi connectivity index (χ2v) is 12.9. The van der Waals surface area contributed by atoms with Crippen molar-refractivity contribution < 1.29 is 50.7 Å². The number of fused-ring (bicyclic) bond motifs is 3. The molecule has 3 aliphatic rings. The van der Waals surface area contributed by atoms with Crippen molar-refractivity contribution in [1.29, 1.82) is 0 Å². The van der Waals surface area contributed by atoms with Crippen LogP contribution in [-0.2, 0) is 26.6 Å². The number of halogens is 6. The lowest BCUT2D eigenvalue weighted by atomic mass is 9.58. The first kappa shape index (κ1) is 35.4. The average molecular weight is 698 g/mol. The van der Waals surface area contributed by atoms with Gasteiger partial charge in [-0.15, -0.1) is 0 Å². The van der Waals surface area contributed by atoms with E-state index in [0.717, 1.165) is 22.3 Å². The highest BCUT2D eigenvalue weighted by molar-refractivity contribution is 6.43. The number of rotatable bonds is 8. The molecule has 0 radical (unpaired) electrons. The Morgan fingerprint density at radius 2 is 1.70 bits per heavy atom. The lowest BCUT2D eigenvalue weighted by Crippen LogP contribution is -2.46. The summed E-state index contributed by atoms with van der Waals surface area (Å²) in [4.78, 5) is 32.8. The highest BCUT2D eigenvalue weighted by Crippen LogP contribution is 2.53. The fourth-order valence-corrected chi connectivity index (χ4v) is 7.55. The molecule has 6 rings (SSSR count). The molecule has 4 atom stereocenters. The Hall–Kier alpha value is -4.43. The minimum atomic E-state index is -5.17. The third kappa shape index (κ3) is 7.09. The number of hydrogen-bond donors (Lipinski definition) is 2. The van der Waals surface area contributed by atoms with E-state index in [1.807, 2.05) is 31.2 Å². The van der Waals surface area contributed by atoms with Crippen molar-refractivity contribution in [2.24, 2.45) is 17.8 Å². The summed E-state index contributed by atoms with van der Waals surface area (Å²) >= 11 is 0. The van der Waals surface area contributed by atoms with Crippen molar-refractivity contribution in [3.05, 3.63) is 100 Å². The van der Waals surface area contributed by atoms with Crippen LogP contribution in [-0.4, -0.2) is 40.2 Å². The molecular weight excluding hydrogens is 665 g/mol. The number of benzene rings is 2. The molecule has 0 saturated carbocycles. The topological polar surface area (TPSA) is 100.0 Å². The monoisotopic (exact) mass is 698 g/mol. The molecule has 2 N–H and O–H groups in total. The van der Waals surface area contributed by atoms with Gasteiger partial charge in [0.25, 0.3) is 0 Å². The number of aromatic hydroxyl groups is 1. The van der Waals surface area contributed by atoms with E-state index in [-0.39, 0.29) is 24.6 Å². The number of aromatic nitrogens is 1. The second kappa shape index (κ2) is 13.7. The number of alkyl halides is 6. The van der Waals surface area contributed by atoms with Crippen molar-refractivity contribution in [3.63, 3.8) is 0 Å². The van der Waals surface area contributed by atoms with Crippen molar-refractivity contribution in [1.82, 2.24) is 4.98 Å². The maximum absolute atomic E-state index is 14.0. The van der Waals surface area contributed by atoms with Crippen molar-refractivity contribution in [3.8, 4) is 5.75 Å². The lowest BCUT2D eigenvalue weighted by Gasteiger charge is -2.43. The number of carbonyl (C=O) groups is 2. The van der Waals surface area contributed by atoms with Gasteiger partial charge in [0.15, 0.2) is 0 Å². The first-order valence-corrected chi connectivity index (χ1v) is 16.3. The normalized spacial score (nSPS) is 23.0. The molecule has 1 aromatic heterocycles. The maximum Gasteiger partial charge on any atom is 0.455 e. The predicted molar refractivity (Wildman–Crippen MR) is 173 cm³/mol. The van der Waals surface area contributed by atoms with Gasteiger partial charge in [-0.1, -0.05) is 37.1 Å². The number of pyridine rings is 1. The Kier molecular flexibility index (Phi) is 9.71. The van der Waals surface area contributed by atoms with E-state index in [1.165, 1.54) is 0 Å². The molecule has 50 heavy (non-hydrogen) atoms. The second-order valence-electron chi connectivity index (χ2n) is 12.9. The standard InChI is InChI=1S/C36H33BF6N2O5/c1-2-6-22-15-27-32(34(48)45(33(27)47)25-17-23(35(38,39)40)16-24(18-25)36(41,42)43)28-19-37(49)50-30(31(22)28)11-10-21(29-9-3-4-12-44-29)13-20-7-5-8-26(46)14-20/h3-5,7-9,12-14,16-18,27-28,30,32,46,49H,2,6,10-11,15,19H2,1H3/b21-13-/t27-,28+,30-,32-/m1/s1. The fraction of sp³-hybridized carbons (Fsp3) is 0.361. The van der Waals surface area contributed by atoms with E-state index in [9.17, 15) is 46.1 Å². The Morgan fingerprint density at radius 3 is 2.32 bits per heavy atom. The zero-order chi connectivity index (χ0) is 36.0. The van der Waals surface area contributed by atoms with Gasteiger partial charge in [-0.05, 0) is 103 Å². The molecule has 2 aromatic carbocycles. The quantitative estimate of drug-likeness (QED) is 0.107. The van der Waals surface area contributed by atoms with Crippen LogP contribution >= 0.6 is 0 Å². The molecule has 3 aromatic rings. The van der Waals surface area contributed by atoms with Crippen LogP contribution in [0.4, 0.5) is 32.0 Å². The zero-order valence-electron chi connectivity index (χ0n) is 26.8. The Labute approximate surface area is 284 Å². The minimum absolute atomic E-state index is 0.0474.